The zero-order valence-corrected chi connectivity index (χ0v) is 12.3. The predicted octanol–water partition coefficient (Wildman–Crippen LogP) is 3.93. The van der Waals surface area contributed by atoms with Crippen molar-refractivity contribution >= 4 is 11.6 Å². The number of hydrogen-bond acceptors (Lipinski definition) is 3. The van der Waals surface area contributed by atoms with E-state index in [1.807, 2.05) is 0 Å². The van der Waals surface area contributed by atoms with Gasteiger partial charge in [-0.05, 0) is 30.3 Å². The van der Waals surface area contributed by atoms with Crippen LogP contribution in [-0.4, -0.2) is 16.6 Å². The lowest BCUT2D eigenvalue weighted by molar-refractivity contribution is -0.137. The molecule has 0 N–H and O–H groups in total. The minimum absolute atomic E-state index is 0.0595. The summed E-state index contributed by atoms with van der Waals surface area (Å²) >= 11 is 0. The molecule has 0 aliphatic heterocycles. The van der Waals surface area contributed by atoms with Gasteiger partial charge < -0.3 is 0 Å². The lowest BCUT2D eigenvalue weighted by Crippen LogP contribution is -2.20. The molecule has 25 heavy (non-hydrogen) atoms. The number of aromatic nitrogens is 1. The minimum Gasteiger partial charge on any atom is -0.289 e. The molecule has 8 heteroatoms. The first-order valence-electron chi connectivity index (χ1n) is 6.98. The second-order valence-corrected chi connectivity index (χ2v) is 5.36. The van der Waals surface area contributed by atoms with Crippen molar-refractivity contribution in [1.29, 1.82) is 0 Å². The Bertz CT molecular complexity index is 914. The Kier molecular flexibility index (Phi) is 3.98. The van der Waals surface area contributed by atoms with Crippen LogP contribution in [0.15, 0.2) is 42.1 Å². The highest BCUT2D eigenvalue weighted by Crippen LogP contribution is 2.30. The van der Waals surface area contributed by atoms with E-state index in [9.17, 15) is 31.5 Å². The fraction of sp³-hybridized carbons (Fsp3) is 0.118. The number of carbonyl (C=O) groups excluding carboxylic acids is 2. The summed E-state index contributed by atoms with van der Waals surface area (Å²) in [5.74, 6) is -4.23. The third-order valence-electron chi connectivity index (χ3n) is 3.71. The Labute approximate surface area is 137 Å². The summed E-state index contributed by atoms with van der Waals surface area (Å²) in [6, 6.07) is 3.63. The molecule has 2 aromatic rings. The molecule has 3 nitrogen and oxygen atoms in total. The zero-order valence-electron chi connectivity index (χ0n) is 12.3. The molecule has 1 aliphatic carbocycles. The fourth-order valence-electron chi connectivity index (χ4n) is 2.47. The number of fused-ring (bicyclic) bond motifs is 1. The average Bonchev–Trinajstić information content (AvgIpc) is 2.54. The van der Waals surface area contributed by atoms with E-state index < -0.39 is 40.5 Å². The minimum atomic E-state index is -4.54. The van der Waals surface area contributed by atoms with Crippen molar-refractivity contribution in [2.45, 2.75) is 12.6 Å². The maximum atomic E-state index is 13.7. The number of hydrogen-bond donors (Lipinski definition) is 0. The van der Waals surface area contributed by atoms with E-state index in [1.54, 1.807) is 0 Å². The molecule has 0 saturated heterocycles. The SMILES string of the molecule is O=C1C(Cc2ccc(C(F)(F)F)cn2)=CC(=O)c2c1ccc(F)c2F. The molecule has 0 bridgehead atoms. The molecule has 1 aromatic carbocycles. The predicted molar refractivity (Wildman–Crippen MR) is 76.0 cm³/mol. The van der Waals surface area contributed by atoms with Gasteiger partial charge in [-0.25, -0.2) is 8.78 Å². The summed E-state index contributed by atoms with van der Waals surface area (Å²) < 4.78 is 64.5. The van der Waals surface area contributed by atoms with Gasteiger partial charge in [-0.3, -0.25) is 14.6 Å². The normalized spacial score (nSPS) is 14.4. The summed E-state index contributed by atoms with van der Waals surface area (Å²) in [6.07, 6.45) is -3.27. The van der Waals surface area contributed by atoms with Gasteiger partial charge in [-0.2, -0.15) is 13.2 Å². The Hall–Kier alpha value is -2.90. The second-order valence-electron chi connectivity index (χ2n) is 5.36. The Morgan fingerprint density at radius 3 is 2.32 bits per heavy atom. The number of pyridine rings is 1. The molecule has 0 radical (unpaired) electrons. The summed E-state index contributed by atoms with van der Waals surface area (Å²) in [6.45, 7) is 0. The van der Waals surface area contributed by atoms with Crippen LogP contribution in [0.3, 0.4) is 0 Å². The summed E-state index contributed by atoms with van der Waals surface area (Å²) in [5.41, 5.74) is -1.80. The van der Waals surface area contributed by atoms with Crippen LogP contribution in [0.4, 0.5) is 22.0 Å². The van der Waals surface area contributed by atoms with Gasteiger partial charge >= 0.3 is 6.18 Å². The van der Waals surface area contributed by atoms with Gasteiger partial charge in [0.25, 0.3) is 0 Å². The van der Waals surface area contributed by atoms with E-state index in [1.165, 1.54) is 0 Å². The first-order valence-corrected chi connectivity index (χ1v) is 6.98. The molecule has 3 rings (SSSR count). The summed E-state index contributed by atoms with van der Waals surface area (Å²) in [4.78, 5) is 28.0. The molecule has 0 unspecified atom stereocenters. The van der Waals surface area contributed by atoms with Crippen molar-refractivity contribution in [2.75, 3.05) is 0 Å². The van der Waals surface area contributed by atoms with Crippen molar-refractivity contribution in [1.82, 2.24) is 4.98 Å². The largest absolute Gasteiger partial charge is 0.417 e. The van der Waals surface area contributed by atoms with Gasteiger partial charge in [0.15, 0.2) is 23.2 Å². The van der Waals surface area contributed by atoms with Gasteiger partial charge in [0.1, 0.15) is 0 Å². The van der Waals surface area contributed by atoms with Crippen molar-refractivity contribution in [3.05, 3.63) is 76.1 Å². The number of carbonyl (C=O) groups is 2. The van der Waals surface area contributed by atoms with Gasteiger partial charge in [0.2, 0.25) is 0 Å². The highest BCUT2D eigenvalue weighted by atomic mass is 19.4. The third kappa shape index (κ3) is 3.07. The van der Waals surface area contributed by atoms with Gasteiger partial charge in [-0.1, -0.05) is 0 Å². The lowest BCUT2D eigenvalue weighted by Gasteiger charge is -2.16. The number of alkyl halides is 3. The summed E-state index contributed by atoms with van der Waals surface area (Å²) in [7, 11) is 0. The van der Waals surface area contributed by atoms with Crippen molar-refractivity contribution < 1.29 is 31.5 Å². The molecule has 1 heterocycles. The Morgan fingerprint density at radius 1 is 1.00 bits per heavy atom. The monoisotopic (exact) mass is 353 g/mol. The second kappa shape index (κ2) is 5.87. The molecule has 1 aromatic heterocycles. The molecule has 0 fully saturated rings. The highest BCUT2D eigenvalue weighted by Gasteiger charge is 2.32. The number of nitrogens with zero attached hydrogens (tertiary/aromatic N) is 1. The standard InChI is InChI=1S/C17H8F5NO2/c18-12-4-3-11-14(15(12)19)13(24)6-8(16(11)25)5-10-2-1-9(7-23-10)17(20,21)22/h1-4,6-7H,5H2. The molecule has 128 valence electrons. The van der Waals surface area contributed by atoms with E-state index in [-0.39, 0.29) is 23.3 Å². The van der Waals surface area contributed by atoms with Crippen molar-refractivity contribution in [3.63, 3.8) is 0 Å². The number of benzene rings is 1. The van der Waals surface area contributed by atoms with Crippen LogP contribution >= 0.6 is 0 Å². The number of ketones is 2. The fourth-order valence-corrected chi connectivity index (χ4v) is 2.47. The van der Waals surface area contributed by atoms with E-state index >= 15 is 0 Å². The maximum Gasteiger partial charge on any atom is 0.417 e. The van der Waals surface area contributed by atoms with Gasteiger partial charge in [-0.15, -0.1) is 0 Å². The van der Waals surface area contributed by atoms with Crippen LogP contribution in [0.2, 0.25) is 0 Å². The third-order valence-corrected chi connectivity index (χ3v) is 3.71. The van der Waals surface area contributed by atoms with E-state index in [2.05, 4.69) is 4.98 Å². The summed E-state index contributed by atoms with van der Waals surface area (Å²) in [5, 5.41) is 0. The van der Waals surface area contributed by atoms with Crippen molar-refractivity contribution in [2.24, 2.45) is 0 Å². The number of allylic oxidation sites excluding steroid dienone is 2. The zero-order chi connectivity index (χ0) is 18.4. The molecular weight excluding hydrogens is 345 g/mol. The molecular formula is C17H8F5NO2. The Morgan fingerprint density at radius 2 is 1.72 bits per heavy atom. The van der Waals surface area contributed by atoms with Gasteiger partial charge in [0.05, 0.1) is 11.1 Å². The smallest absolute Gasteiger partial charge is 0.289 e. The molecule has 1 aliphatic rings. The van der Waals surface area contributed by atoms with Crippen LogP contribution in [0.25, 0.3) is 0 Å². The van der Waals surface area contributed by atoms with Crippen LogP contribution in [-0.2, 0) is 12.6 Å². The number of Topliss-reactive ketones (excluding diaryl/α,β-unsaturated/α-hetero) is 1. The van der Waals surface area contributed by atoms with Crippen LogP contribution in [0.5, 0.6) is 0 Å². The van der Waals surface area contributed by atoms with E-state index in [0.717, 1.165) is 30.3 Å². The van der Waals surface area contributed by atoms with E-state index in [0.29, 0.717) is 6.20 Å². The average molecular weight is 353 g/mol. The van der Waals surface area contributed by atoms with Crippen LogP contribution in [0, 0.1) is 11.6 Å². The quantitative estimate of drug-likeness (QED) is 0.769. The van der Waals surface area contributed by atoms with Crippen molar-refractivity contribution in [3.8, 4) is 0 Å². The molecule has 0 atom stereocenters. The highest BCUT2D eigenvalue weighted by molar-refractivity contribution is 6.24. The Balaban J connectivity index is 1.91. The first-order chi connectivity index (χ1) is 11.7. The van der Waals surface area contributed by atoms with Crippen LogP contribution in [0.1, 0.15) is 32.0 Å². The van der Waals surface area contributed by atoms with Crippen LogP contribution < -0.4 is 0 Å². The first kappa shape index (κ1) is 16.9. The maximum absolute atomic E-state index is 13.7. The topological polar surface area (TPSA) is 47.0 Å². The molecule has 0 saturated carbocycles. The molecule has 0 spiro atoms. The number of rotatable bonds is 2. The van der Waals surface area contributed by atoms with Gasteiger partial charge in [0, 0.05) is 29.4 Å². The number of halogens is 5. The lowest BCUT2D eigenvalue weighted by atomic mass is 9.87. The molecule has 0 amide bonds. The van der Waals surface area contributed by atoms with E-state index in [4.69, 9.17) is 0 Å².